The van der Waals surface area contributed by atoms with Gasteiger partial charge in [0.2, 0.25) is 0 Å². The maximum atomic E-state index is 3.37. The van der Waals surface area contributed by atoms with Gasteiger partial charge < -0.3 is 5.32 Å². The van der Waals surface area contributed by atoms with Crippen molar-refractivity contribution in [1.82, 2.24) is 5.32 Å². The first-order valence-electron chi connectivity index (χ1n) is 2.91. The quantitative estimate of drug-likeness (QED) is 0.515. The Kier molecular flexibility index (Phi) is 3.02. The van der Waals surface area contributed by atoms with Crippen LogP contribution in [-0.4, -0.2) is 20.8 Å². The Morgan fingerprint density at radius 2 is 2.00 bits per heavy atom. The Labute approximate surface area is 58.3 Å². The molecular formula is C5H14ClNSi. The van der Waals surface area contributed by atoms with Crippen LogP contribution in [0.4, 0.5) is 0 Å². The first-order chi connectivity index (χ1) is 3.21. The van der Waals surface area contributed by atoms with Crippen molar-refractivity contribution < 1.29 is 0 Å². The van der Waals surface area contributed by atoms with Gasteiger partial charge in [0.25, 0.3) is 0 Å². The lowest BCUT2D eigenvalue weighted by molar-refractivity contribution is 0.879. The van der Waals surface area contributed by atoms with E-state index in [1.165, 1.54) is 18.8 Å². The Morgan fingerprint density at radius 3 is 2.12 bits per heavy atom. The molecule has 0 bridgehead atoms. The third-order valence-electron chi connectivity index (χ3n) is 1.58. The van der Waals surface area contributed by atoms with Crippen molar-refractivity contribution in [3.8, 4) is 0 Å². The SMILES string of the molecule is C[Si]1(C)CCNC1.Cl. The molecule has 0 saturated carbocycles. The van der Waals surface area contributed by atoms with Gasteiger partial charge in [-0.15, -0.1) is 12.4 Å². The molecule has 0 unspecified atom stereocenters. The molecule has 1 rings (SSSR count). The molecule has 1 heterocycles. The van der Waals surface area contributed by atoms with Gasteiger partial charge in [-0.2, -0.15) is 0 Å². The van der Waals surface area contributed by atoms with E-state index in [1.54, 1.807) is 0 Å². The van der Waals surface area contributed by atoms with Gasteiger partial charge in [-0.25, -0.2) is 0 Å². The molecule has 1 aliphatic rings. The zero-order valence-corrected chi connectivity index (χ0v) is 7.35. The summed E-state index contributed by atoms with van der Waals surface area (Å²) >= 11 is 0. The molecule has 50 valence electrons. The maximum absolute atomic E-state index is 3.37. The molecular weight excluding hydrogens is 138 g/mol. The van der Waals surface area contributed by atoms with Crippen LogP contribution in [0.2, 0.25) is 19.1 Å². The van der Waals surface area contributed by atoms with Crippen LogP contribution in [-0.2, 0) is 0 Å². The van der Waals surface area contributed by atoms with Crippen molar-refractivity contribution in [3.63, 3.8) is 0 Å². The van der Waals surface area contributed by atoms with Crippen molar-refractivity contribution in [2.24, 2.45) is 0 Å². The van der Waals surface area contributed by atoms with Crippen molar-refractivity contribution in [3.05, 3.63) is 0 Å². The summed E-state index contributed by atoms with van der Waals surface area (Å²) in [6.45, 7) is 6.15. The molecule has 0 aromatic rings. The van der Waals surface area contributed by atoms with E-state index in [2.05, 4.69) is 18.4 Å². The largest absolute Gasteiger partial charge is 0.320 e. The van der Waals surface area contributed by atoms with Gasteiger partial charge in [0.05, 0.1) is 8.07 Å². The van der Waals surface area contributed by atoms with Crippen LogP contribution in [0, 0.1) is 0 Å². The Morgan fingerprint density at radius 1 is 1.38 bits per heavy atom. The molecule has 1 N–H and O–H groups in total. The molecule has 0 spiro atoms. The van der Waals surface area contributed by atoms with Crippen LogP contribution in [0.3, 0.4) is 0 Å². The average Bonchev–Trinajstić information content (AvgIpc) is 1.84. The minimum atomic E-state index is -0.651. The van der Waals surface area contributed by atoms with E-state index in [0.29, 0.717) is 0 Å². The van der Waals surface area contributed by atoms with Crippen LogP contribution >= 0.6 is 12.4 Å². The highest BCUT2D eigenvalue weighted by molar-refractivity contribution is 6.78. The summed E-state index contributed by atoms with van der Waals surface area (Å²) in [6.07, 6.45) is 1.34. The van der Waals surface area contributed by atoms with Crippen LogP contribution in [0.1, 0.15) is 0 Å². The van der Waals surface area contributed by atoms with Gasteiger partial charge in [-0.1, -0.05) is 13.1 Å². The molecule has 3 heteroatoms. The molecule has 0 radical (unpaired) electrons. The summed E-state index contributed by atoms with van der Waals surface area (Å²) < 4.78 is 0. The maximum Gasteiger partial charge on any atom is 0.0638 e. The average molecular weight is 152 g/mol. The number of nitrogens with one attached hydrogen (secondary N) is 1. The number of halogens is 1. The second kappa shape index (κ2) is 2.85. The highest BCUT2D eigenvalue weighted by Gasteiger charge is 2.24. The minimum Gasteiger partial charge on any atom is -0.320 e. The van der Waals surface area contributed by atoms with E-state index in [9.17, 15) is 0 Å². The van der Waals surface area contributed by atoms with E-state index < -0.39 is 8.07 Å². The molecule has 0 aliphatic carbocycles. The highest BCUT2D eigenvalue weighted by atomic mass is 35.5. The molecule has 1 aliphatic heterocycles. The molecule has 8 heavy (non-hydrogen) atoms. The van der Waals surface area contributed by atoms with Gasteiger partial charge in [0.1, 0.15) is 0 Å². The van der Waals surface area contributed by atoms with Crippen molar-refractivity contribution >= 4 is 20.5 Å². The second-order valence-corrected chi connectivity index (χ2v) is 8.27. The molecule has 1 nitrogen and oxygen atoms in total. The minimum absolute atomic E-state index is 0. The fraction of sp³-hybridized carbons (Fsp3) is 1.00. The van der Waals surface area contributed by atoms with E-state index in [-0.39, 0.29) is 12.4 Å². The molecule has 0 aromatic carbocycles. The molecule has 0 aromatic heterocycles. The summed E-state index contributed by atoms with van der Waals surface area (Å²) in [5.41, 5.74) is 0. The van der Waals surface area contributed by atoms with Gasteiger partial charge in [0.15, 0.2) is 0 Å². The summed E-state index contributed by atoms with van der Waals surface area (Å²) in [5.74, 6) is 0. The first kappa shape index (κ1) is 8.47. The van der Waals surface area contributed by atoms with Crippen LogP contribution in [0.25, 0.3) is 0 Å². The third kappa shape index (κ3) is 2.16. The molecule has 1 saturated heterocycles. The predicted octanol–water partition coefficient (Wildman–Crippen LogP) is 1.26. The summed E-state index contributed by atoms with van der Waals surface area (Å²) in [4.78, 5) is 0. The third-order valence-corrected chi connectivity index (χ3v) is 4.39. The van der Waals surface area contributed by atoms with E-state index in [0.717, 1.165) is 0 Å². The monoisotopic (exact) mass is 151 g/mol. The zero-order chi connectivity index (χ0) is 5.33. The molecule has 0 amide bonds. The Bertz CT molecular complexity index is 66.8. The highest BCUT2D eigenvalue weighted by Crippen LogP contribution is 2.10. The predicted molar refractivity (Wildman–Crippen MR) is 42.4 cm³/mol. The van der Waals surface area contributed by atoms with Gasteiger partial charge >= 0.3 is 0 Å². The summed E-state index contributed by atoms with van der Waals surface area (Å²) in [7, 11) is -0.651. The fourth-order valence-corrected chi connectivity index (χ4v) is 2.83. The smallest absolute Gasteiger partial charge is 0.0638 e. The zero-order valence-electron chi connectivity index (χ0n) is 5.53. The number of hydrogen-bond acceptors (Lipinski definition) is 1. The Hall–Kier alpha value is 0.467. The lowest BCUT2D eigenvalue weighted by Crippen LogP contribution is -2.28. The summed E-state index contributed by atoms with van der Waals surface area (Å²) in [5, 5.41) is 3.37. The van der Waals surface area contributed by atoms with Crippen molar-refractivity contribution in [2.45, 2.75) is 19.1 Å². The normalized spacial score (nSPS) is 24.8. The lowest BCUT2D eigenvalue weighted by atomic mass is 10.8. The van der Waals surface area contributed by atoms with Gasteiger partial charge in [0, 0.05) is 0 Å². The molecule has 0 atom stereocenters. The van der Waals surface area contributed by atoms with E-state index in [1.807, 2.05) is 0 Å². The summed E-state index contributed by atoms with van der Waals surface area (Å²) in [6, 6.07) is 1.48. The first-order valence-corrected chi connectivity index (χ1v) is 6.33. The number of rotatable bonds is 0. The van der Waals surface area contributed by atoms with Crippen molar-refractivity contribution in [2.75, 3.05) is 12.7 Å². The van der Waals surface area contributed by atoms with Crippen molar-refractivity contribution in [1.29, 1.82) is 0 Å². The van der Waals surface area contributed by atoms with E-state index in [4.69, 9.17) is 0 Å². The van der Waals surface area contributed by atoms with Gasteiger partial charge in [-0.3, -0.25) is 0 Å². The lowest BCUT2D eigenvalue weighted by Gasteiger charge is -2.09. The Balaban J connectivity index is 0.000000490. The fourth-order valence-electron chi connectivity index (χ4n) is 0.942. The van der Waals surface area contributed by atoms with Crippen LogP contribution in [0.15, 0.2) is 0 Å². The second-order valence-electron chi connectivity index (χ2n) is 3.09. The van der Waals surface area contributed by atoms with E-state index >= 15 is 0 Å². The molecule has 1 fully saturated rings. The standard InChI is InChI=1S/C5H13NSi.ClH/c1-7(2)4-3-6-5-7;/h6H,3-5H2,1-2H3;1H. The topological polar surface area (TPSA) is 12.0 Å². The van der Waals surface area contributed by atoms with Crippen LogP contribution in [0.5, 0.6) is 0 Å². The number of hydrogen-bond donors (Lipinski definition) is 1. The van der Waals surface area contributed by atoms with Crippen LogP contribution < -0.4 is 5.32 Å². The van der Waals surface area contributed by atoms with Gasteiger partial charge in [-0.05, 0) is 18.8 Å².